The molecule has 0 aromatic heterocycles. The fraction of sp³-hybridized carbons (Fsp3) is 0.300. The molecule has 0 bridgehead atoms. The number of piperazine rings is 1. The van der Waals surface area contributed by atoms with Crippen molar-refractivity contribution in [1.82, 2.24) is 4.90 Å². The summed E-state index contributed by atoms with van der Waals surface area (Å²) >= 11 is 12.0. The van der Waals surface area contributed by atoms with Crippen LogP contribution >= 0.6 is 23.2 Å². The molecule has 2 aromatic carbocycles. The van der Waals surface area contributed by atoms with Crippen LogP contribution in [0.3, 0.4) is 0 Å². The first-order valence-corrected chi connectivity index (χ1v) is 9.76. The number of benzene rings is 2. The van der Waals surface area contributed by atoms with Crippen molar-refractivity contribution in [3.63, 3.8) is 0 Å². The van der Waals surface area contributed by atoms with Gasteiger partial charge in [0.15, 0.2) is 0 Å². The van der Waals surface area contributed by atoms with Gasteiger partial charge in [-0.2, -0.15) is 0 Å². The Balaban J connectivity index is 1.44. The van der Waals surface area contributed by atoms with E-state index >= 15 is 0 Å². The van der Waals surface area contributed by atoms with Crippen LogP contribution in [0, 0.1) is 5.82 Å². The molecular formula is C20H18Cl2FN3O2. The highest BCUT2D eigenvalue weighted by atomic mass is 35.5. The molecule has 0 N–H and O–H groups in total. The van der Waals surface area contributed by atoms with Crippen molar-refractivity contribution in [2.24, 2.45) is 0 Å². The van der Waals surface area contributed by atoms with Gasteiger partial charge >= 0.3 is 0 Å². The van der Waals surface area contributed by atoms with E-state index in [1.54, 1.807) is 24.3 Å². The molecule has 2 saturated heterocycles. The molecule has 2 heterocycles. The number of rotatable bonds is 3. The maximum absolute atomic E-state index is 13.1. The van der Waals surface area contributed by atoms with Crippen molar-refractivity contribution in [1.29, 1.82) is 0 Å². The van der Waals surface area contributed by atoms with Gasteiger partial charge in [0.05, 0.1) is 28.2 Å². The molecular weight excluding hydrogens is 404 g/mol. The van der Waals surface area contributed by atoms with Crippen molar-refractivity contribution in [3.05, 3.63) is 58.3 Å². The van der Waals surface area contributed by atoms with Crippen LogP contribution in [0.1, 0.15) is 6.42 Å². The zero-order valence-electron chi connectivity index (χ0n) is 14.9. The van der Waals surface area contributed by atoms with Gasteiger partial charge in [-0.05, 0) is 42.5 Å². The summed E-state index contributed by atoms with van der Waals surface area (Å²) in [5.74, 6) is -0.743. The smallest absolute Gasteiger partial charge is 0.251 e. The number of imide groups is 1. The molecule has 0 unspecified atom stereocenters. The fourth-order valence-corrected chi connectivity index (χ4v) is 4.03. The quantitative estimate of drug-likeness (QED) is 0.710. The Hall–Kier alpha value is -2.15. The van der Waals surface area contributed by atoms with E-state index in [-0.39, 0.29) is 24.1 Å². The Bertz CT molecular complexity index is 914. The van der Waals surface area contributed by atoms with E-state index in [0.717, 1.165) is 5.69 Å². The van der Waals surface area contributed by atoms with Crippen LogP contribution in [0.2, 0.25) is 10.0 Å². The zero-order chi connectivity index (χ0) is 19.8. The third kappa shape index (κ3) is 3.60. The van der Waals surface area contributed by atoms with Crippen LogP contribution in [0.5, 0.6) is 0 Å². The molecule has 5 nitrogen and oxygen atoms in total. The second kappa shape index (κ2) is 7.70. The molecule has 4 rings (SSSR count). The van der Waals surface area contributed by atoms with Crippen LogP contribution in [0.15, 0.2) is 42.5 Å². The summed E-state index contributed by atoms with van der Waals surface area (Å²) in [7, 11) is 0. The Morgan fingerprint density at radius 2 is 1.50 bits per heavy atom. The molecule has 28 heavy (non-hydrogen) atoms. The first-order chi connectivity index (χ1) is 13.4. The summed E-state index contributed by atoms with van der Waals surface area (Å²) in [5.41, 5.74) is 1.39. The van der Waals surface area contributed by atoms with Gasteiger partial charge in [0.2, 0.25) is 5.91 Å². The molecule has 1 atom stereocenters. The Kier molecular flexibility index (Phi) is 5.27. The standard InChI is InChI=1S/C20H18Cl2FN3O2/c21-16-6-5-15(11-17(16)22)26-19(27)12-18(20(26)28)25-9-7-24(8-10-25)14-3-1-13(23)2-4-14/h1-6,11,18H,7-10,12H2/t18-/m0/s1. The lowest BCUT2D eigenvalue weighted by molar-refractivity contribution is -0.123. The average molecular weight is 422 g/mol. The molecule has 2 aliphatic heterocycles. The van der Waals surface area contributed by atoms with E-state index in [1.165, 1.54) is 23.1 Å². The summed E-state index contributed by atoms with van der Waals surface area (Å²) in [4.78, 5) is 30.8. The molecule has 2 amide bonds. The highest BCUT2D eigenvalue weighted by molar-refractivity contribution is 6.42. The Labute approximate surface area is 172 Å². The monoisotopic (exact) mass is 421 g/mol. The van der Waals surface area contributed by atoms with Crippen LogP contribution in [0.4, 0.5) is 15.8 Å². The SMILES string of the molecule is O=C1C[C@H](N2CCN(c3ccc(F)cc3)CC2)C(=O)N1c1ccc(Cl)c(Cl)c1. The molecule has 2 aromatic rings. The van der Waals surface area contributed by atoms with E-state index in [4.69, 9.17) is 23.2 Å². The summed E-state index contributed by atoms with van der Waals surface area (Å²) in [6, 6.07) is 10.6. The topological polar surface area (TPSA) is 43.9 Å². The van der Waals surface area contributed by atoms with Gasteiger partial charge in [-0.15, -0.1) is 0 Å². The van der Waals surface area contributed by atoms with Crippen molar-refractivity contribution in [3.8, 4) is 0 Å². The summed E-state index contributed by atoms with van der Waals surface area (Å²) < 4.78 is 13.1. The number of anilines is 2. The molecule has 0 radical (unpaired) electrons. The third-order valence-corrected chi connectivity index (χ3v) is 5.97. The molecule has 0 spiro atoms. The van der Waals surface area contributed by atoms with Gasteiger partial charge in [-0.1, -0.05) is 23.2 Å². The predicted octanol–water partition coefficient (Wildman–Crippen LogP) is 3.59. The van der Waals surface area contributed by atoms with Crippen molar-refractivity contribution < 1.29 is 14.0 Å². The molecule has 0 saturated carbocycles. The molecule has 8 heteroatoms. The predicted molar refractivity (Wildman–Crippen MR) is 108 cm³/mol. The normalized spacial score (nSPS) is 20.9. The Morgan fingerprint density at radius 1 is 0.857 bits per heavy atom. The van der Waals surface area contributed by atoms with Crippen LogP contribution in [0.25, 0.3) is 0 Å². The lowest BCUT2D eigenvalue weighted by atomic mass is 10.1. The van der Waals surface area contributed by atoms with Crippen LogP contribution < -0.4 is 9.80 Å². The van der Waals surface area contributed by atoms with Crippen LogP contribution in [-0.4, -0.2) is 48.9 Å². The molecule has 2 aliphatic rings. The van der Waals surface area contributed by atoms with Gasteiger partial charge in [0.25, 0.3) is 5.91 Å². The number of hydrogen-bond acceptors (Lipinski definition) is 4. The number of carbonyl (C=O) groups is 2. The maximum atomic E-state index is 13.1. The summed E-state index contributed by atoms with van der Waals surface area (Å²) in [6.07, 6.45) is 0.148. The largest absolute Gasteiger partial charge is 0.369 e. The Morgan fingerprint density at radius 3 is 2.14 bits per heavy atom. The minimum Gasteiger partial charge on any atom is -0.369 e. The van der Waals surface area contributed by atoms with E-state index in [0.29, 0.717) is 41.9 Å². The number of amides is 2. The number of halogens is 3. The van der Waals surface area contributed by atoms with Crippen molar-refractivity contribution >= 4 is 46.4 Å². The van der Waals surface area contributed by atoms with Gasteiger partial charge in [0.1, 0.15) is 5.82 Å². The highest BCUT2D eigenvalue weighted by Crippen LogP contribution is 2.31. The van der Waals surface area contributed by atoms with Gasteiger partial charge < -0.3 is 4.90 Å². The fourth-order valence-electron chi connectivity index (χ4n) is 3.74. The minimum atomic E-state index is -0.475. The van der Waals surface area contributed by atoms with E-state index < -0.39 is 6.04 Å². The molecule has 2 fully saturated rings. The van der Waals surface area contributed by atoms with Gasteiger partial charge in [-0.25, -0.2) is 9.29 Å². The molecule has 0 aliphatic carbocycles. The van der Waals surface area contributed by atoms with Gasteiger partial charge in [0, 0.05) is 31.9 Å². The van der Waals surface area contributed by atoms with E-state index in [2.05, 4.69) is 4.90 Å². The maximum Gasteiger partial charge on any atom is 0.251 e. The summed E-state index contributed by atoms with van der Waals surface area (Å²) in [6.45, 7) is 2.71. The number of hydrogen-bond donors (Lipinski definition) is 0. The number of carbonyl (C=O) groups excluding carboxylic acids is 2. The first kappa shape index (κ1) is 19.2. The van der Waals surface area contributed by atoms with E-state index in [1.807, 2.05) is 4.90 Å². The zero-order valence-corrected chi connectivity index (χ0v) is 16.5. The molecule has 146 valence electrons. The van der Waals surface area contributed by atoms with Gasteiger partial charge in [-0.3, -0.25) is 14.5 Å². The number of nitrogens with zero attached hydrogens (tertiary/aromatic N) is 3. The third-order valence-electron chi connectivity index (χ3n) is 5.23. The van der Waals surface area contributed by atoms with E-state index in [9.17, 15) is 14.0 Å². The van der Waals surface area contributed by atoms with Crippen LogP contribution in [-0.2, 0) is 9.59 Å². The second-order valence-electron chi connectivity index (χ2n) is 6.89. The minimum absolute atomic E-state index is 0.148. The van der Waals surface area contributed by atoms with Crippen molar-refractivity contribution in [2.45, 2.75) is 12.5 Å². The van der Waals surface area contributed by atoms with Crippen molar-refractivity contribution in [2.75, 3.05) is 36.0 Å². The summed E-state index contributed by atoms with van der Waals surface area (Å²) in [5, 5.41) is 0.675. The first-order valence-electron chi connectivity index (χ1n) is 9.00. The lowest BCUT2D eigenvalue weighted by Gasteiger charge is -2.38. The highest BCUT2D eigenvalue weighted by Gasteiger charge is 2.43. The average Bonchev–Trinajstić information content (AvgIpc) is 2.99. The second-order valence-corrected chi connectivity index (χ2v) is 7.70. The lowest BCUT2D eigenvalue weighted by Crippen LogP contribution is -2.52.